The molecule has 0 fully saturated rings. The minimum atomic E-state index is -0.396. The van der Waals surface area contributed by atoms with E-state index in [0.29, 0.717) is 6.54 Å². The fourth-order valence-electron chi connectivity index (χ4n) is 2.55. The highest BCUT2D eigenvalue weighted by atomic mass is 16.5. The summed E-state index contributed by atoms with van der Waals surface area (Å²) in [6.07, 6.45) is 6.21. The zero-order valence-electron chi connectivity index (χ0n) is 15.0. The molecule has 0 atom stereocenters. The lowest BCUT2D eigenvalue weighted by Gasteiger charge is -2.06. The first-order valence-corrected chi connectivity index (χ1v) is 8.94. The van der Waals surface area contributed by atoms with E-state index in [2.05, 4.69) is 34.6 Å². The predicted molar refractivity (Wildman–Crippen MR) is 108 cm³/mol. The van der Waals surface area contributed by atoms with Crippen molar-refractivity contribution in [1.82, 2.24) is 10.3 Å². The maximum absolute atomic E-state index is 11.7. The monoisotopic (exact) mass is 358 g/mol. The summed E-state index contributed by atoms with van der Waals surface area (Å²) in [5.74, 6) is 0. The molecular formula is C23H22N2O2. The van der Waals surface area contributed by atoms with Crippen LogP contribution in [0, 0.1) is 0 Å². The molecule has 0 bridgehead atoms. The van der Waals surface area contributed by atoms with Crippen molar-refractivity contribution < 1.29 is 9.53 Å². The molecule has 1 heterocycles. The van der Waals surface area contributed by atoms with Gasteiger partial charge in [0.15, 0.2) is 0 Å². The van der Waals surface area contributed by atoms with Crippen molar-refractivity contribution in [3.8, 4) is 11.3 Å². The van der Waals surface area contributed by atoms with Gasteiger partial charge in [-0.3, -0.25) is 4.98 Å². The summed E-state index contributed by atoms with van der Waals surface area (Å²) >= 11 is 0. The summed E-state index contributed by atoms with van der Waals surface area (Å²) in [7, 11) is 0. The van der Waals surface area contributed by atoms with Gasteiger partial charge in [0.1, 0.15) is 6.61 Å². The van der Waals surface area contributed by atoms with Gasteiger partial charge in [0.05, 0.1) is 5.69 Å². The van der Waals surface area contributed by atoms with Crippen molar-refractivity contribution in [1.29, 1.82) is 0 Å². The predicted octanol–water partition coefficient (Wildman–Crippen LogP) is 5.08. The number of nitrogens with zero attached hydrogens (tertiary/aromatic N) is 1. The average Bonchev–Trinajstić information content (AvgIpc) is 2.74. The number of rotatable bonds is 7. The van der Waals surface area contributed by atoms with Gasteiger partial charge in [0.2, 0.25) is 0 Å². The fraction of sp³-hybridized carbons (Fsp3) is 0.130. The van der Waals surface area contributed by atoms with Crippen LogP contribution in [0.4, 0.5) is 4.79 Å². The second kappa shape index (κ2) is 9.92. The number of pyridine rings is 1. The zero-order chi connectivity index (χ0) is 18.7. The third-order valence-corrected chi connectivity index (χ3v) is 3.97. The standard InChI is InChI=1S/C23H22N2O2/c26-23(27-18-20-9-2-1-3-10-20)25-17-6-4-8-19-12-14-21(15-13-19)22-11-5-7-16-24-22/h1-5,7-16H,6,17-18H2,(H,25,26). The molecule has 27 heavy (non-hydrogen) atoms. The SMILES string of the molecule is O=C(NCCC=Cc1ccc(-c2ccccn2)cc1)OCc1ccccc1. The van der Waals surface area contributed by atoms with E-state index in [1.54, 1.807) is 6.20 Å². The lowest BCUT2D eigenvalue weighted by molar-refractivity contribution is 0.140. The summed E-state index contributed by atoms with van der Waals surface area (Å²) < 4.78 is 5.17. The minimum absolute atomic E-state index is 0.283. The Bertz CT molecular complexity index is 860. The van der Waals surface area contributed by atoms with Gasteiger partial charge >= 0.3 is 6.09 Å². The van der Waals surface area contributed by atoms with E-state index < -0.39 is 6.09 Å². The lowest BCUT2D eigenvalue weighted by Crippen LogP contribution is -2.24. The van der Waals surface area contributed by atoms with E-state index in [4.69, 9.17) is 4.74 Å². The summed E-state index contributed by atoms with van der Waals surface area (Å²) in [6.45, 7) is 0.821. The molecule has 0 radical (unpaired) electrons. The van der Waals surface area contributed by atoms with Gasteiger partial charge in [-0.15, -0.1) is 0 Å². The number of carbonyl (C=O) groups is 1. The summed E-state index contributed by atoms with van der Waals surface area (Å²) in [5.41, 5.74) is 4.14. The van der Waals surface area contributed by atoms with E-state index in [1.807, 2.05) is 60.7 Å². The molecule has 136 valence electrons. The Morgan fingerprint density at radius 2 is 1.74 bits per heavy atom. The largest absolute Gasteiger partial charge is 0.445 e. The van der Waals surface area contributed by atoms with Gasteiger partial charge in [0.25, 0.3) is 0 Å². The second-order valence-electron chi connectivity index (χ2n) is 6.02. The molecule has 0 saturated heterocycles. The molecule has 1 amide bonds. The van der Waals surface area contributed by atoms with Crippen LogP contribution in [0.15, 0.2) is 85.1 Å². The van der Waals surface area contributed by atoms with Crippen LogP contribution in [-0.2, 0) is 11.3 Å². The summed E-state index contributed by atoms with van der Waals surface area (Å²) in [4.78, 5) is 16.0. The molecule has 4 heteroatoms. The molecule has 4 nitrogen and oxygen atoms in total. The van der Waals surface area contributed by atoms with Gasteiger partial charge in [-0.25, -0.2) is 4.79 Å². The molecule has 2 aromatic carbocycles. The Hall–Kier alpha value is -3.40. The number of ether oxygens (including phenoxy) is 1. The van der Waals surface area contributed by atoms with Crippen LogP contribution < -0.4 is 5.32 Å². The second-order valence-corrected chi connectivity index (χ2v) is 6.02. The highest BCUT2D eigenvalue weighted by Crippen LogP contribution is 2.17. The third-order valence-electron chi connectivity index (χ3n) is 3.97. The third kappa shape index (κ3) is 6.12. The molecule has 0 aliphatic carbocycles. The van der Waals surface area contributed by atoms with Crippen molar-refractivity contribution in [3.63, 3.8) is 0 Å². The molecule has 0 aliphatic heterocycles. The number of nitrogens with one attached hydrogen (secondary N) is 1. The Kier molecular flexibility index (Phi) is 6.76. The van der Waals surface area contributed by atoms with Crippen molar-refractivity contribution >= 4 is 12.2 Å². The number of amides is 1. The molecular weight excluding hydrogens is 336 g/mol. The van der Waals surface area contributed by atoms with Crippen LogP contribution in [0.25, 0.3) is 17.3 Å². The van der Waals surface area contributed by atoms with Gasteiger partial charge in [-0.2, -0.15) is 0 Å². The first-order valence-electron chi connectivity index (χ1n) is 8.94. The van der Waals surface area contributed by atoms with Crippen LogP contribution in [0.2, 0.25) is 0 Å². The number of alkyl carbamates (subject to hydrolysis) is 1. The Balaban J connectivity index is 1.37. The van der Waals surface area contributed by atoms with Crippen LogP contribution >= 0.6 is 0 Å². The van der Waals surface area contributed by atoms with Crippen LogP contribution in [0.1, 0.15) is 17.5 Å². The minimum Gasteiger partial charge on any atom is -0.445 e. The zero-order valence-corrected chi connectivity index (χ0v) is 15.0. The summed E-state index contributed by atoms with van der Waals surface area (Å²) in [5, 5.41) is 2.75. The number of carbonyl (C=O) groups excluding carboxylic acids is 1. The molecule has 3 rings (SSSR count). The highest BCUT2D eigenvalue weighted by Gasteiger charge is 2.01. The maximum Gasteiger partial charge on any atom is 0.407 e. The fourth-order valence-corrected chi connectivity index (χ4v) is 2.55. The number of benzene rings is 2. The van der Waals surface area contributed by atoms with Gasteiger partial charge in [-0.1, -0.05) is 72.8 Å². The maximum atomic E-state index is 11.7. The number of hydrogen-bond donors (Lipinski definition) is 1. The number of aromatic nitrogens is 1. The normalized spacial score (nSPS) is 10.7. The van der Waals surface area contributed by atoms with E-state index >= 15 is 0 Å². The van der Waals surface area contributed by atoms with Crippen LogP contribution in [0.5, 0.6) is 0 Å². The van der Waals surface area contributed by atoms with E-state index in [-0.39, 0.29) is 6.61 Å². The molecule has 3 aromatic rings. The number of hydrogen-bond acceptors (Lipinski definition) is 3. The molecule has 1 N–H and O–H groups in total. The Morgan fingerprint density at radius 3 is 2.48 bits per heavy atom. The quantitative estimate of drug-likeness (QED) is 0.599. The van der Waals surface area contributed by atoms with Gasteiger partial charge in [-0.05, 0) is 29.7 Å². The molecule has 0 saturated carbocycles. The van der Waals surface area contributed by atoms with Gasteiger partial charge in [0, 0.05) is 18.3 Å². The van der Waals surface area contributed by atoms with Crippen molar-refractivity contribution in [2.45, 2.75) is 13.0 Å². The first-order chi connectivity index (χ1) is 13.3. The van der Waals surface area contributed by atoms with Crippen LogP contribution in [0.3, 0.4) is 0 Å². The molecule has 1 aromatic heterocycles. The van der Waals surface area contributed by atoms with Crippen molar-refractivity contribution in [3.05, 3.63) is 96.2 Å². The first kappa shape index (κ1) is 18.4. The van der Waals surface area contributed by atoms with Crippen molar-refractivity contribution in [2.75, 3.05) is 6.54 Å². The molecule has 0 spiro atoms. The lowest BCUT2D eigenvalue weighted by atomic mass is 10.1. The Labute approximate surface area is 159 Å². The average molecular weight is 358 g/mol. The van der Waals surface area contributed by atoms with E-state index in [0.717, 1.165) is 28.8 Å². The van der Waals surface area contributed by atoms with Crippen LogP contribution in [-0.4, -0.2) is 17.6 Å². The van der Waals surface area contributed by atoms with Crippen molar-refractivity contribution in [2.24, 2.45) is 0 Å². The topological polar surface area (TPSA) is 51.2 Å². The molecule has 0 aliphatic rings. The Morgan fingerprint density at radius 1 is 0.963 bits per heavy atom. The van der Waals surface area contributed by atoms with E-state index in [9.17, 15) is 4.79 Å². The van der Waals surface area contributed by atoms with E-state index in [1.165, 1.54) is 0 Å². The molecule has 0 unspecified atom stereocenters. The smallest absolute Gasteiger partial charge is 0.407 e. The van der Waals surface area contributed by atoms with Gasteiger partial charge < -0.3 is 10.1 Å². The summed E-state index contributed by atoms with van der Waals surface area (Å²) in [6, 6.07) is 23.7. The highest BCUT2D eigenvalue weighted by molar-refractivity contribution is 5.67.